The third-order valence-corrected chi connectivity index (χ3v) is 5.80. The van der Waals surface area contributed by atoms with Crippen LogP contribution < -0.4 is 14.8 Å². The molecule has 1 saturated heterocycles. The van der Waals surface area contributed by atoms with Gasteiger partial charge in [0.15, 0.2) is 11.5 Å². The molecule has 1 aromatic carbocycles. The van der Waals surface area contributed by atoms with Crippen LogP contribution in [0.25, 0.3) is 0 Å². The van der Waals surface area contributed by atoms with E-state index in [0.717, 1.165) is 44.3 Å². The number of rotatable bonds is 10. The first-order valence-electron chi connectivity index (χ1n) is 10.8. The van der Waals surface area contributed by atoms with Crippen LogP contribution in [-0.2, 0) is 11.3 Å². The maximum absolute atomic E-state index is 10.6. The number of hydrogen-bond acceptors (Lipinski definition) is 7. The quantitative estimate of drug-likeness (QED) is 0.542. The summed E-state index contributed by atoms with van der Waals surface area (Å²) >= 11 is 0. The van der Waals surface area contributed by atoms with Gasteiger partial charge in [0.25, 0.3) is 0 Å². The lowest BCUT2D eigenvalue weighted by atomic mass is 9.85. The molecule has 1 atom stereocenters. The smallest absolute Gasteiger partial charge is 0.161 e. The molecule has 1 aliphatic carbocycles. The number of ether oxygens (including phenoxy) is 3. The monoisotopic (exact) mass is 408 g/mol. The maximum Gasteiger partial charge on any atom is 0.161 e. The van der Waals surface area contributed by atoms with Crippen LogP contribution in [-0.4, -0.2) is 79.9 Å². The van der Waals surface area contributed by atoms with Gasteiger partial charge in [-0.3, -0.25) is 4.90 Å². The molecule has 1 aromatic rings. The molecule has 164 valence electrons. The molecule has 0 bridgehead atoms. The second-order valence-electron chi connectivity index (χ2n) is 8.25. The number of hydrogen-bond donors (Lipinski definition) is 3. The number of aliphatic hydroxyl groups is 2. The normalized spacial score (nSPS) is 20.9. The average Bonchev–Trinajstić information content (AvgIpc) is 2.74. The minimum Gasteiger partial charge on any atom is -0.493 e. The van der Waals surface area contributed by atoms with E-state index < -0.39 is 11.7 Å². The molecule has 7 nitrogen and oxygen atoms in total. The van der Waals surface area contributed by atoms with Gasteiger partial charge in [0, 0.05) is 32.7 Å². The van der Waals surface area contributed by atoms with Crippen LogP contribution in [0.15, 0.2) is 18.2 Å². The molecule has 1 saturated carbocycles. The Labute approximate surface area is 173 Å². The van der Waals surface area contributed by atoms with E-state index in [-0.39, 0.29) is 6.61 Å². The van der Waals surface area contributed by atoms with Gasteiger partial charge in [0.1, 0.15) is 12.7 Å². The Hall–Kier alpha value is -1.38. The summed E-state index contributed by atoms with van der Waals surface area (Å²) in [5.41, 5.74) is 0.504. The number of methoxy groups -OCH3 is 1. The number of aliphatic hydroxyl groups excluding tert-OH is 1. The van der Waals surface area contributed by atoms with Crippen molar-refractivity contribution in [2.75, 3.05) is 53.1 Å². The second-order valence-corrected chi connectivity index (χ2v) is 8.25. The van der Waals surface area contributed by atoms with Gasteiger partial charge < -0.3 is 29.7 Å². The fourth-order valence-electron chi connectivity index (χ4n) is 4.09. The Balaban J connectivity index is 1.45. The molecule has 3 rings (SSSR count). The Morgan fingerprint density at radius 2 is 1.93 bits per heavy atom. The lowest BCUT2D eigenvalue weighted by molar-refractivity contribution is 0.00442. The summed E-state index contributed by atoms with van der Waals surface area (Å²) in [7, 11) is 1.62. The van der Waals surface area contributed by atoms with Crippen LogP contribution in [0.1, 0.15) is 37.7 Å². The van der Waals surface area contributed by atoms with Gasteiger partial charge in [-0.1, -0.05) is 25.3 Å². The van der Waals surface area contributed by atoms with Gasteiger partial charge >= 0.3 is 0 Å². The average molecular weight is 409 g/mol. The molecule has 0 amide bonds. The summed E-state index contributed by atoms with van der Waals surface area (Å²) in [5, 5.41) is 24.2. The van der Waals surface area contributed by atoms with Gasteiger partial charge in [-0.05, 0) is 30.5 Å². The molecular formula is C22H36N2O5. The Bertz CT molecular complexity index is 615. The highest BCUT2D eigenvalue weighted by molar-refractivity contribution is 5.43. The molecule has 0 radical (unpaired) electrons. The van der Waals surface area contributed by atoms with Crippen molar-refractivity contribution in [2.45, 2.75) is 50.4 Å². The van der Waals surface area contributed by atoms with Crippen molar-refractivity contribution >= 4 is 0 Å². The van der Waals surface area contributed by atoms with Crippen LogP contribution in [0.5, 0.6) is 11.5 Å². The fraction of sp³-hybridized carbons (Fsp3) is 0.727. The van der Waals surface area contributed by atoms with Crippen molar-refractivity contribution < 1.29 is 24.4 Å². The topological polar surface area (TPSA) is 83.4 Å². The fourth-order valence-corrected chi connectivity index (χ4v) is 4.09. The number of nitrogens with one attached hydrogen (secondary N) is 1. The highest BCUT2D eigenvalue weighted by Gasteiger charge is 2.28. The van der Waals surface area contributed by atoms with E-state index in [0.29, 0.717) is 44.3 Å². The van der Waals surface area contributed by atoms with Gasteiger partial charge in [-0.2, -0.15) is 0 Å². The van der Waals surface area contributed by atoms with E-state index in [2.05, 4.69) is 10.2 Å². The molecule has 1 heterocycles. The molecule has 29 heavy (non-hydrogen) atoms. The van der Waals surface area contributed by atoms with Crippen molar-refractivity contribution in [1.29, 1.82) is 0 Å². The van der Waals surface area contributed by atoms with Crippen LogP contribution in [0.3, 0.4) is 0 Å². The number of morpholine rings is 1. The zero-order chi connectivity index (χ0) is 20.5. The summed E-state index contributed by atoms with van der Waals surface area (Å²) in [6.45, 7) is 5.20. The summed E-state index contributed by atoms with van der Waals surface area (Å²) < 4.78 is 16.6. The van der Waals surface area contributed by atoms with E-state index in [1.165, 1.54) is 6.42 Å². The minimum atomic E-state index is -0.567. The van der Waals surface area contributed by atoms with E-state index in [9.17, 15) is 10.2 Å². The Kier molecular flexibility index (Phi) is 8.56. The van der Waals surface area contributed by atoms with Gasteiger partial charge in [-0.25, -0.2) is 0 Å². The Morgan fingerprint density at radius 1 is 1.17 bits per heavy atom. The van der Waals surface area contributed by atoms with Crippen molar-refractivity contribution in [3.8, 4) is 11.5 Å². The van der Waals surface area contributed by atoms with Crippen LogP contribution in [0.4, 0.5) is 0 Å². The summed E-state index contributed by atoms with van der Waals surface area (Å²) in [6.07, 6.45) is 4.63. The number of nitrogens with zero attached hydrogens (tertiary/aromatic N) is 1. The first kappa shape index (κ1) is 22.3. The molecule has 2 fully saturated rings. The first-order valence-corrected chi connectivity index (χ1v) is 10.8. The standard InChI is InChI=1S/C22H36N2O5/c1-27-21-13-18(14-23-17-22(26)7-3-2-4-8-22)5-6-20(21)29-16-19(25)15-24-9-11-28-12-10-24/h5-6,13,19,23,25-26H,2-4,7-12,14-17H2,1H3/t19-/m0/s1. The SMILES string of the molecule is COc1cc(CNCC2(O)CCCCC2)ccc1OC[C@@H](O)CN1CCOCC1. The molecular weight excluding hydrogens is 372 g/mol. The molecule has 0 unspecified atom stereocenters. The van der Waals surface area contributed by atoms with Gasteiger partial charge in [0.05, 0.1) is 25.9 Å². The largest absolute Gasteiger partial charge is 0.493 e. The third-order valence-electron chi connectivity index (χ3n) is 5.80. The van der Waals surface area contributed by atoms with Crippen LogP contribution in [0, 0.1) is 0 Å². The van der Waals surface area contributed by atoms with Crippen molar-refractivity contribution in [3.05, 3.63) is 23.8 Å². The molecule has 0 spiro atoms. The van der Waals surface area contributed by atoms with E-state index in [1.807, 2.05) is 18.2 Å². The third kappa shape index (κ3) is 7.12. The van der Waals surface area contributed by atoms with E-state index in [1.54, 1.807) is 7.11 Å². The molecule has 2 aliphatic rings. The highest BCUT2D eigenvalue weighted by Crippen LogP contribution is 2.29. The predicted octanol–water partition coefficient (Wildman–Crippen LogP) is 1.55. The lowest BCUT2D eigenvalue weighted by Crippen LogP contribution is -2.42. The van der Waals surface area contributed by atoms with Crippen molar-refractivity contribution in [2.24, 2.45) is 0 Å². The predicted molar refractivity (Wildman–Crippen MR) is 111 cm³/mol. The summed E-state index contributed by atoms with van der Waals surface area (Å²) in [5.74, 6) is 1.28. The van der Waals surface area contributed by atoms with Crippen LogP contribution >= 0.6 is 0 Å². The Morgan fingerprint density at radius 3 is 2.66 bits per heavy atom. The molecule has 3 N–H and O–H groups in total. The maximum atomic E-state index is 10.6. The van der Waals surface area contributed by atoms with Crippen molar-refractivity contribution in [3.63, 3.8) is 0 Å². The molecule has 1 aliphatic heterocycles. The van der Waals surface area contributed by atoms with Gasteiger partial charge in [-0.15, -0.1) is 0 Å². The molecule has 0 aromatic heterocycles. The van der Waals surface area contributed by atoms with E-state index >= 15 is 0 Å². The zero-order valence-corrected chi connectivity index (χ0v) is 17.6. The summed E-state index contributed by atoms with van der Waals surface area (Å²) in [6, 6.07) is 5.82. The van der Waals surface area contributed by atoms with Gasteiger partial charge in [0.2, 0.25) is 0 Å². The van der Waals surface area contributed by atoms with E-state index in [4.69, 9.17) is 14.2 Å². The van der Waals surface area contributed by atoms with Crippen LogP contribution in [0.2, 0.25) is 0 Å². The zero-order valence-electron chi connectivity index (χ0n) is 17.6. The number of β-amino-alcohol motifs (C(OH)–C–C–N with tert-alkyl or cyclic N) is 1. The molecule has 7 heteroatoms. The highest BCUT2D eigenvalue weighted by atomic mass is 16.5. The second kappa shape index (κ2) is 11.1. The van der Waals surface area contributed by atoms with Crippen molar-refractivity contribution in [1.82, 2.24) is 10.2 Å². The summed E-state index contributed by atoms with van der Waals surface area (Å²) in [4.78, 5) is 2.18. The lowest BCUT2D eigenvalue weighted by Gasteiger charge is -2.32. The number of benzene rings is 1. The minimum absolute atomic E-state index is 0.221. The first-order chi connectivity index (χ1) is 14.1.